The molecule has 7 heteroatoms. The molecular weight excluding hydrogens is 507 g/mol. The summed E-state index contributed by atoms with van der Waals surface area (Å²) in [5, 5.41) is 7.24. The van der Waals surface area contributed by atoms with Crippen molar-refractivity contribution in [3.05, 3.63) is 65.7 Å². The zero-order chi connectivity index (χ0) is 20.5. The number of carbonyl (C=O) groups excluding carboxylic acids is 1. The summed E-state index contributed by atoms with van der Waals surface area (Å²) in [6, 6.07) is 18.7. The number of rotatable bonds is 8. The minimum atomic E-state index is 0. The van der Waals surface area contributed by atoms with Crippen molar-refractivity contribution < 1.29 is 4.79 Å². The summed E-state index contributed by atoms with van der Waals surface area (Å²) >= 11 is 1.85. The van der Waals surface area contributed by atoms with Gasteiger partial charge >= 0.3 is 0 Å². The van der Waals surface area contributed by atoms with Crippen LogP contribution in [-0.2, 0) is 17.9 Å². The second-order valence-electron chi connectivity index (χ2n) is 7.24. The molecule has 2 aromatic carbocycles. The third-order valence-electron chi connectivity index (χ3n) is 4.96. The van der Waals surface area contributed by atoms with Gasteiger partial charge in [0.25, 0.3) is 0 Å². The van der Waals surface area contributed by atoms with Crippen molar-refractivity contribution in [1.82, 2.24) is 15.5 Å². The number of guanidine groups is 1. The van der Waals surface area contributed by atoms with Crippen LogP contribution in [0.4, 0.5) is 0 Å². The lowest BCUT2D eigenvalue weighted by Gasteiger charge is -2.19. The second kappa shape index (κ2) is 12.8. The van der Waals surface area contributed by atoms with E-state index in [2.05, 4.69) is 58.9 Å². The first-order chi connectivity index (χ1) is 14.2. The van der Waals surface area contributed by atoms with Crippen LogP contribution in [0.25, 0.3) is 0 Å². The Bertz CT molecular complexity index is 831. The summed E-state index contributed by atoms with van der Waals surface area (Å²) in [5.41, 5.74) is 2.39. The van der Waals surface area contributed by atoms with E-state index < -0.39 is 0 Å². The molecular formula is C23H31IN4OS. The lowest BCUT2D eigenvalue weighted by atomic mass is 10.1. The fourth-order valence-corrected chi connectivity index (χ4v) is 4.32. The molecule has 5 nitrogen and oxygen atoms in total. The highest BCUT2D eigenvalue weighted by Gasteiger charge is 2.20. The first-order valence-electron chi connectivity index (χ1n) is 10.2. The van der Waals surface area contributed by atoms with Gasteiger partial charge in [0, 0.05) is 49.8 Å². The Kier molecular flexibility index (Phi) is 10.5. The quantitative estimate of drug-likeness (QED) is 0.228. The molecule has 3 rings (SSSR count). The van der Waals surface area contributed by atoms with Crippen molar-refractivity contribution >= 4 is 47.6 Å². The summed E-state index contributed by atoms with van der Waals surface area (Å²) in [5.74, 6) is 1.05. The summed E-state index contributed by atoms with van der Waals surface area (Å²) in [4.78, 5) is 19.5. The lowest BCUT2D eigenvalue weighted by Crippen LogP contribution is -2.39. The Morgan fingerprint density at radius 1 is 1.10 bits per heavy atom. The van der Waals surface area contributed by atoms with Gasteiger partial charge in [-0.3, -0.25) is 9.79 Å². The normalized spacial score (nSPS) is 14.9. The zero-order valence-corrected chi connectivity index (χ0v) is 20.8. The molecule has 1 amide bonds. The predicted octanol–water partition coefficient (Wildman–Crippen LogP) is 4.27. The molecule has 0 radical (unpaired) electrons. The van der Waals surface area contributed by atoms with Crippen LogP contribution in [0.5, 0.6) is 0 Å². The number of nitrogens with one attached hydrogen (secondary N) is 2. The number of carbonyl (C=O) groups is 1. The highest BCUT2D eigenvalue weighted by molar-refractivity contribution is 14.0. The SMILES string of the molecule is CN=C(NCc1ccccc1CN1CCCC1=O)NCC(C)Sc1ccccc1.I. The third kappa shape index (κ3) is 7.50. The maximum Gasteiger partial charge on any atom is 0.222 e. The van der Waals surface area contributed by atoms with Crippen molar-refractivity contribution in [2.45, 2.75) is 43.0 Å². The molecule has 0 aromatic heterocycles. The topological polar surface area (TPSA) is 56.7 Å². The molecule has 30 heavy (non-hydrogen) atoms. The van der Waals surface area contributed by atoms with E-state index in [0.29, 0.717) is 24.8 Å². The van der Waals surface area contributed by atoms with Gasteiger partial charge in [-0.2, -0.15) is 0 Å². The molecule has 1 aliphatic heterocycles. The van der Waals surface area contributed by atoms with Crippen LogP contribution in [-0.4, -0.2) is 42.2 Å². The summed E-state index contributed by atoms with van der Waals surface area (Å²) in [7, 11) is 1.79. The van der Waals surface area contributed by atoms with Gasteiger partial charge in [-0.25, -0.2) is 0 Å². The van der Waals surface area contributed by atoms with Crippen LogP contribution in [0.1, 0.15) is 30.9 Å². The summed E-state index contributed by atoms with van der Waals surface area (Å²) in [6.07, 6.45) is 1.64. The van der Waals surface area contributed by atoms with Crippen molar-refractivity contribution in [1.29, 1.82) is 0 Å². The van der Waals surface area contributed by atoms with E-state index in [1.807, 2.05) is 34.9 Å². The maximum atomic E-state index is 12.0. The van der Waals surface area contributed by atoms with Crippen LogP contribution >= 0.6 is 35.7 Å². The Morgan fingerprint density at radius 2 is 1.80 bits per heavy atom. The minimum Gasteiger partial charge on any atom is -0.355 e. The third-order valence-corrected chi connectivity index (χ3v) is 6.07. The van der Waals surface area contributed by atoms with Crippen molar-refractivity contribution in [3.63, 3.8) is 0 Å². The van der Waals surface area contributed by atoms with Crippen molar-refractivity contribution in [2.24, 2.45) is 4.99 Å². The van der Waals surface area contributed by atoms with E-state index in [-0.39, 0.29) is 29.9 Å². The number of aliphatic imine (C=N–C) groups is 1. The van der Waals surface area contributed by atoms with Crippen molar-refractivity contribution in [2.75, 3.05) is 20.1 Å². The number of hydrogen-bond donors (Lipinski definition) is 2. The van der Waals surface area contributed by atoms with E-state index in [0.717, 1.165) is 25.5 Å². The molecule has 2 aromatic rings. The standard InChI is InChI=1S/C23H30N4OS.HI/c1-18(29-21-11-4-3-5-12-21)15-25-23(24-2)26-16-19-9-6-7-10-20(19)17-27-14-8-13-22(27)28;/h3-7,9-12,18H,8,13-17H2,1-2H3,(H2,24,25,26);1H. The highest BCUT2D eigenvalue weighted by atomic mass is 127. The van der Waals surface area contributed by atoms with Gasteiger partial charge in [0.2, 0.25) is 5.91 Å². The molecule has 1 unspecified atom stereocenters. The van der Waals surface area contributed by atoms with Crippen molar-refractivity contribution in [3.8, 4) is 0 Å². The maximum absolute atomic E-state index is 12.0. The predicted molar refractivity (Wildman–Crippen MR) is 136 cm³/mol. The molecule has 162 valence electrons. The summed E-state index contributed by atoms with van der Waals surface area (Å²) < 4.78 is 0. The fraction of sp³-hybridized carbons (Fsp3) is 0.391. The fourth-order valence-electron chi connectivity index (χ4n) is 3.37. The van der Waals surface area contributed by atoms with E-state index in [1.165, 1.54) is 16.0 Å². The molecule has 1 aliphatic rings. The molecule has 0 bridgehead atoms. The lowest BCUT2D eigenvalue weighted by molar-refractivity contribution is -0.128. The van der Waals surface area contributed by atoms with Crippen LogP contribution < -0.4 is 10.6 Å². The number of halogens is 1. The zero-order valence-electron chi connectivity index (χ0n) is 17.6. The largest absolute Gasteiger partial charge is 0.355 e. The number of hydrogen-bond acceptors (Lipinski definition) is 3. The molecule has 1 heterocycles. The van der Waals surface area contributed by atoms with E-state index >= 15 is 0 Å². The van der Waals surface area contributed by atoms with Crippen LogP contribution in [0.2, 0.25) is 0 Å². The molecule has 0 aliphatic carbocycles. The number of likely N-dealkylation sites (tertiary alicyclic amines) is 1. The molecule has 1 atom stereocenters. The van der Waals surface area contributed by atoms with Gasteiger partial charge in [-0.05, 0) is 29.7 Å². The minimum absolute atomic E-state index is 0. The molecule has 0 spiro atoms. The molecule has 1 fully saturated rings. The van der Waals surface area contributed by atoms with Gasteiger partial charge in [-0.1, -0.05) is 49.4 Å². The van der Waals surface area contributed by atoms with Gasteiger partial charge in [0.15, 0.2) is 5.96 Å². The Hall–Kier alpha value is -1.74. The van der Waals surface area contributed by atoms with Crippen LogP contribution in [0.3, 0.4) is 0 Å². The molecule has 2 N–H and O–H groups in total. The Morgan fingerprint density at radius 3 is 2.47 bits per heavy atom. The van der Waals surface area contributed by atoms with E-state index in [4.69, 9.17) is 0 Å². The highest BCUT2D eigenvalue weighted by Crippen LogP contribution is 2.22. The summed E-state index contributed by atoms with van der Waals surface area (Å²) in [6.45, 7) is 5.26. The van der Waals surface area contributed by atoms with Gasteiger partial charge < -0.3 is 15.5 Å². The first-order valence-corrected chi connectivity index (χ1v) is 11.0. The monoisotopic (exact) mass is 538 g/mol. The Labute approximate surface area is 201 Å². The Balaban J connectivity index is 0.00000320. The van der Waals surface area contributed by atoms with E-state index in [1.54, 1.807) is 7.05 Å². The van der Waals surface area contributed by atoms with Gasteiger partial charge in [0.1, 0.15) is 0 Å². The average Bonchev–Trinajstić information content (AvgIpc) is 3.14. The number of benzene rings is 2. The molecule has 0 saturated carbocycles. The van der Waals surface area contributed by atoms with Crippen LogP contribution in [0, 0.1) is 0 Å². The second-order valence-corrected chi connectivity index (χ2v) is 8.75. The van der Waals surface area contributed by atoms with E-state index in [9.17, 15) is 4.79 Å². The molecule has 1 saturated heterocycles. The first kappa shape index (κ1) is 24.5. The van der Waals surface area contributed by atoms with Gasteiger partial charge in [-0.15, -0.1) is 35.7 Å². The average molecular weight is 538 g/mol. The van der Waals surface area contributed by atoms with Crippen LogP contribution in [0.15, 0.2) is 64.5 Å². The van der Waals surface area contributed by atoms with Gasteiger partial charge in [0.05, 0.1) is 0 Å². The number of nitrogens with zero attached hydrogens (tertiary/aromatic N) is 2. The number of thioether (sulfide) groups is 1. The smallest absolute Gasteiger partial charge is 0.222 e. The number of amides is 1.